The van der Waals surface area contributed by atoms with Crippen LogP contribution in [-0.4, -0.2) is 42.4 Å². The summed E-state index contributed by atoms with van der Waals surface area (Å²) >= 11 is 0. The summed E-state index contributed by atoms with van der Waals surface area (Å²) in [5, 5.41) is 2.95. The lowest BCUT2D eigenvalue weighted by molar-refractivity contribution is -0.123. The Morgan fingerprint density at radius 3 is 2.59 bits per heavy atom. The summed E-state index contributed by atoms with van der Waals surface area (Å²) < 4.78 is 25.9. The van der Waals surface area contributed by atoms with Gasteiger partial charge in [0, 0.05) is 19.0 Å². The molecule has 0 unspecified atom stereocenters. The number of alkyl halides is 2. The van der Waals surface area contributed by atoms with Gasteiger partial charge in [-0.25, -0.2) is 8.78 Å². The molecule has 0 bridgehead atoms. The first kappa shape index (κ1) is 12.7. The fourth-order valence-electron chi connectivity index (χ4n) is 2.67. The Balaban J connectivity index is 1.70. The monoisotopic (exact) mass is 246 g/mol. The van der Waals surface area contributed by atoms with Gasteiger partial charge in [0.1, 0.15) is 0 Å². The van der Waals surface area contributed by atoms with Crippen molar-refractivity contribution < 1.29 is 13.6 Å². The maximum Gasteiger partial charge on any atom is 0.261 e. The lowest BCUT2D eigenvalue weighted by Gasteiger charge is -2.24. The molecule has 2 fully saturated rings. The molecule has 0 aromatic carbocycles. The van der Waals surface area contributed by atoms with Crippen molar-refractivity contribution in [2.75, 3.05) is 19.6 Å². The van der Waals surface area contributed by atoms with Crippen LogP contribution in [0.1, 0.15) is 38.5 Å². The van der Waals surface area contributed by atoms with Gasteiger partial charge in [0.25, 0.3) is 5.92 Å². The molecule has 1 amide bonds. The van der Waals surface area contributed by atoms with Crippen molar-refractivity contribution in [3.63, 3.8) is 0 Å². The Labute approximate surface area is 101 Å². The van der Waals surface area contributed by atoms with Crippen LogP contribution in [0.4, 0.5) is 8.78 Å². The second-order valence-electron chi connectivity index (χ2n) is 5.22. The first-order valence-corrected chi connectivity index (χ1v) is 6.45. The maximum atomic E-state index is 12.9. The molecule has 0 radical (unpaired) electrons. The van der Waals surface area contributed by atoms with Crippen molar-refractivity contribution >= 4 is 5.91 Å². The van der Waals surface area contributed by atoms with E-state index in [2.05, 4.69) is 5.32 Å². The minimum atomic E-state index is -2.61. The Hall–Kier alpha value is -0.710. The zero-order chi connectivity index (χ0) is 12.3. The number of nitrogens with zero attached hydrogens (tertiary/aromatic N) is 1. The zero-order valence-electron chi connectivity index (χ0n) is 10.1. The molecule has 5 heteroatoms. The quantitative estimate of drug-likeness (QED) is 0.823. The average molecular weight is 246 g/mol. The molecular weight excluding hydrogens is 226 g/mol. The normalized spacial score (nSPS) is 26.0. The Kier molecular flexibility index (Phi) is 3.97. The highest BCUT2D eigenvalue weighted by Crippen LogP contribution is 2.26. The van der Waals surface area contributed by atoms with Gasteiger partial charge in [-0.3, -0.25) is 9.69 Å². The third-order valence-corrected chi connectivity index (χ3v) is 3.59. The summed E-state index contributed by atoms with van der Waals surface area (Å²) in [6.07, 6.45) is 5.50. The second kappa shape index (κ2) is 5.29. The molecule has 0 aromatic rings. The summed E-state index contributed by atoms with van der Waals surface area (Å²) in [5.41, 5.74) is 0. The molecule has 1 aliphatic heterocycles. The van der Waals surface area contributed by atoms with Crippen LogP contribution in [0.2, 0.25) is 0 Å². The largest absolute Gasteiger partial charge is 0.352 e. The van der Waals surface area contributed by atoms with Gasteiger partial charge in [-0.1, -0.05) is 19.3 Å². The summed E-state index contributed by atoms with van der Waals surface area (Å²) in [4.78, 5) is 13.2. The third kappa shape index (κ3) is 3.91. The van der Waals surface area contributed by atoms with Gasteiger partial charge in [0.2, 0.25) is 5.91 Å². The molecule has 0 spiro atoms. The van der Waals surface area contributed by atoms with E-state index >= 15 is 0 Å². The number of hydrogen-bond acceptors (Lipinski definition) is 2. The molecule has 1 saturated heterocycles. The highest BCUT2D eigenvalue weighted by molar-refractivity contribution is 5.78. The van der Waals surface area contributed by atoms with E-state index in [0.29, 0.717) is 6.54 Å². The van der Waals surface area contributed by atoms with E-state index in [1.165, 1.54) is 11.3 Å². The zero-order valence-corrected chi connectivity index (χ0v) is 10.1. The average Bonchev–Trinajstić information content (AvgIpc) is 2.59. The van der Waals surface area contributed by atoms with Crippen molar-refractivity contribution in [1.29, 1.82) is 0 Å². The molecule has 3 nitrogen and oxygen atoms in total. The SMILES string of the molecule is O=C(CN1CCC(F)(F)C1)NC1CCCCC1. The maximum absolute atomic E-state index is 12.9. The van der Waals surface area contributed by atoms with Crippen LogP contribution < -0.4 is 5.32 Å². The van der Waals surface area contributed by atoms with E-state index in [4.69, 9.17) is 0 Å². The second-order valence-corrected chi connectivity index (χ2v) is 5.22. The molecule has 0 atom stereocenters. The lowest BCUT2D eigenvalue weighted by atomic mass is 9.95. The first-order valence-electron chi connectivity index (χ1n) is 6.45. The fourth-order valence-corrected chi connectivity index (χ4v) is 2.67. The number of amides is 1. The van der Waals surface area contributed by atoms with Crippen molar-refractivity contribution in [2.45, 2.75) is 50.5 Å². The van der Waals surface area contributed by atoms with Gasteiger partial charge in [0.15, 0.2) is 0 Å². The molecule has 1 aliphatic carbocycles. The number of carbonyl (C=O) groups excluding carboxylic acids is 1. The number of halogens is 2. The highest BCUT2D eigenvalue weighted by Gasteiger charge is 2.38. The third-order valence-electron chi connectivity index (χ3n) is 3.59. The standard InChI is InChI=1S/C12H20F2N2O/c13-12(14)6-7-16(9-12)8-11(17)15-10-4-2-1-3-5-10/h10H,1-9H2,(H,15,17). The van der Waals surface area contributed by atoms with Gasteiger partial charge >= 0.3 is 0 Å². The van der Waals surface area contributed by atoms with E-state index in [0.717, 1.165) is 25.7 Å². The topological polar surface area (TPSA) is 32.3 Å². The van der Waals surface area contributed by atoms with Crippen LogP contribution in [0.5, 0.6) is 0 Å². The summed E-state index contributed by atoms with van der Waals surface area (Å²) in [7, 11) is 0. The number of carbonyl (C=O) groups is 1. The van der Waals surface area contributed by atoms with Gasteiger partial charge in [-0.15, -0.1) is 0 Å². The van der Waals surface area contributed by atoms with E-state index in [9.17, 15) is 13.6 Å². The van der Waals surface area contributed by atoms with Crippen molar-refractivity contribution in [1.82, 2.24) is 10.2 Å². The van der Waals surface area contributed by atoms with Crippen LogP contribution in [-0.2, 0) is 4.79 Å². The number of likely N-dealkylation sites (tertiary alicyclic amines) is 1. The van der Waals surface area contributed by atoms with Crippen LogP contribution in [0, 0.1) is 0 Å². The molecular formula is C12H20F2N2O. The number of nitrogens with one attached hydrogen (secondary N) is 1. The molecule has 1 N–H and O–H groups in total. The number of hydrogen-bond donors (Lipinski definition) is 1. The van der Waals surface area contributed by atoms with Gasteiger partial charge in [0.05, 0.1) is 13.1 Å². The van der Waals surface area contributed by atoms with E-state index in [1.807, 2.05) is 0 Å². The minimum absolute atomic E-state index is 0.102. The number of rotatable bonds is 3. The first-order chi connectivity index (χ1) is 8.05. The smallest absolute Gasteiger partial charge is 0.261 e. The molecule has 98 valence electrons. The van der Waals surface area contributed by atoms with Gasteiger partial charge in [-0.05, 0) is 12.8 Å². The van der Waals surface area contributed by atoms with Crippen LogP contribution in [0.25, 0.3) is 0 Å². The van der Waals surface area contributed by atoms with Gasteiger partial charge < -0.3 is 5.32 Å². The van der Waals surface area contributed by atoms with E-state index in [1.54, 1.807) is 0 Å². The molecule has 0 aromatic heterocycles. The van der Waals surface area contributed by atoms with E-state index in [-0.39, 0.29) is 31.5 Å². The highest BCUT2D eigenvalue weighted by atomic mass is 19.3. The van der Waals surface area contributed by atoms with Crippen molar-refractivity contribution in [2.24, 2.45) is 0 Å². The molecule has 2 aliphatic rings. The lowest BCUT2D eigenvalue weighted by Crippen LogP contribution is -2.42. The van der Waals surface area contributed by atoms with Crippen molar-refractivity contribution in [3.8, 4) is 0 Å². The summed E-state index contributed by atoms with van der Waals surface area (Å²) in [6, 6.07) is 0.263. The van der Waals surface area contributed by atoms with Crippen LogP contribution in [0.3, 0.4) is 0 Å². The van der Waals surface area contributed by atoms with Crippen molar-refractivity contribution in [3.05, 3.63) is 0 Å². The molecule has 2 rings (SSSR count). The Morgan fingerprint density at radius 2 is 2.00 bits per heavy atom. The van der Waals surface area contributed by atoms with Crippen LogP contribution in [0.15, 0.2) is 0 Å². The molecule has 17 heavy (non-hydrogen) atoms. The Bertz CT molecular complexity index is 278. The molecule has 1 heterocycles. The van der Waals surface area contributed by atoms with Crippen LogP contribution >= 0.6 is 0 Å². The molecule has 1 saturated carbocycles. The minimum Gasteiger partial charge on any atom is -0.352 e. The summed E-state index contributed by atoms with van der Waals surface area (Å²) in [6.45, 7) is 0.169. The van der Waals surface area contributed by atoms with E-state index < -0.39 is 5.92 Å². The summed E-state index contributed by atoms with van der Waals surface area (Å²) in [5.74, 6) is -2.71. The Morgan fingerprint density at radius 1 is 1.29 bits per heavy atom. The van der Waals surface area contributed by atoms with Gasteiger partial charge in [-0.2, -0.15) is 0 Å². The predicted molar refractivity (Wildman–Crippen MR) is 61.0 cm³/mol. The predicted octanol–water partition coefficient (Wildman–Crippen LogP) is 1.78. The fraction of sp³-hybridized carbons (Fsp3) is 0.917.